The number of hydrazone groups is 1. The van der Waals surface area contributed by atoms with E-state index in [0.717, 1.165) is 10.3 Å². The van der Waals surface area contributed by atoms with Crippen molar-refractivity contribution in [3.8, 4) is 0 Å². The van der Waals surface area contributed by atoms with E-state index in [1.807, 2.05) is 13.8 Å². The number of benzene rings is 1. The number of aliphatic hydroxyl groups excluding tert-OH is 1. The van der Waals surface area contributed by atoms with Crippen LogP contribution in [0, 0.1) is 5.82 Å². The highest BCUT2D eigenvalue weighted by atomic mass is 35.5. The monoisotopic (exact) mass is 448 g/mol. The molecule has 11 heteroatoms. The SMILES string of the molecule is CC1=NN(CCCO)c2nc3c(c(=O)n(Cc4c(F)cccc4Cl)c(=O)n3C)n2[C@H]1C. The summed E-state index contributed by atoms with van der Waals surface area (Å²) >= 11 is 6.12. The number of fused-ring (bicyclic) bond motifs is 3. The summed E-state index contributed by atoms with van der Waals surface area (Å²) in [6.45, 7) is 3.80. The summed E-state index contributed by atoms with van der Waals surface area (Å²) in [5, 5.41) is 15.5. The Bertz CT molecular complexity index is 1300. The molecule has 0 bridgehead atoms. The lowest BCUT2D eigenvalue weighted by Crippen LogP contribution is -2.41. The first-order valence-electron chi connectivity index (χ1n) is 9.84. The van der Waals surface area contributed by atoms with Crippen LogP contribution in [0.2, 0.25) is 5.02 Å². The number of anilines is 1. The third-order valence-corrected chi connectivity index (χ3v) is 5.92. The Balaban J connectivity index is 1.97. The normalized spacial score (nSPS) is 16.0. The van der Waals surface area contributed by atoms with Gasteiger partial charge in [0.25, 0.3) is 5.56 Å². The van der Waals surface area contributed by atoms with Crippen molar-refractivity contribution < 1.29 is 9.50 Å². The van der Waals surface area contributed by atoms with Crippen LogP contribution >= 0.6 is 11.6 Å². The molecule has 1 aliphatic rings. The van der Waals surface area contributed by atoms with Crippen LogP contribution in [0.15, 0.2) is 32.9 Å². The third-order valence-electron chi connectivity index (χ3n) is 5.56. The van der Waals surface area contributed by atoms with Crippen molar-refractivity contribution in [1.82, 2.24) is 18.7 Å². The Labute approximate surface area is 181 Å². The molecule has 0 unspecified atom stereocenters. The molecule has 0 saturated carbocycles. The van der Waals surface area contributed by atoms with Gasteiger partial charge in [0.2, 0.25) is 5.95 Å². The number of hydrogen-bond acceptors (Lipinski definition) is 6. The third kappa shape index (κ3) is 3.35. The molecular formula is C20H22ClFN6O3. The minimum Gasteiger partial charge on any atom is -0.396 e. The van der Waals surface area contributed by atoms with E-state index in [-0.39, 0.29) is 40.9 Å². The van der Waals surface area contributed by atoms with Crippen LogP contribution in [0.25, 0.3) is 11.2 Å². The Hall–Kier alpha value is -2.98. The Morgan fingerprint density at radius 1 is 1.29 bits per heavy atom. The van der Waals surface area contributed by atoms with Crippen LogP contribution in [-0.2, 0) is 13.6 Å². The molecule has 1 atom stereocenters. The maximum absolute atomic E-state index is 14.3. The summed E-state index contributed by atoms with van der Waals surface area (Å²) in [5.41, 5.74) is 0.0457. The van der Waals surface area contributed by atoms with Gasteiger partial charge in [0.1, 0.15) is 5.82 Å². The van der Waals surface area contributed by atoms with Crippen LogP contribution in [0.1, 0.15) is 31.9 Å². The number of aliphatic hydroxyl groups is 1. The van der Waals surface area contributed by atoms with Crippen LogP contribution in [0.4, 0.5) is 10.3 Å². The predicted octanol–water partition coefficient (Wildman–Crippen LogP) is 1.88. The Kier molecular flexibility index (Phi) is 5.44. The smallest absolute Gasteiger partial charge is 0.332 e. The lowest BCUT2D eigenvalue weighted by atomic mass is 10.2. The summed E-state index contributed by atoms with van der Waals surface area (Å²) in [5.74, 6) is -0.182. The number of nitrogens with zero attached hydrogens (tertiary/aromatic N) is 6. The second kappa shape index (κ2) is 7.93. The van der Waals surface area contributed by atoms with E-state index in [2.05, 4.69) is 10.1 Å². The molecule has 0 spiro atoms. The molecule has 1 aliphatic heterocycles. The molecule has 4 rings (SSSR count). The van der Waals surface area contributed by atoms with Crippen LogP contribution in [0.3, 0.4) is 0 Å². The molecule has 164 valence electrons. The predicted molar refractivity (Wildman–Crippen MR) is 117 cm³/mol. The van der Waals surface area contributed by atoms with Crippen LogP contribution in [0.5, 0.6) is 0 Å². The average Bonchev–Trinajstić information content (AvgIpc) is 3.14. The van der Waals surface area contributed by atoms with Gasteiger partial charge in [-0.2, -0.15) is 10.1 Å². The first-order valence-corrected chi connectivity index (χ1v) is 10.2. The van der Waals surface area contributed by atoms with Crippen molar-refractivity contribution in [3.05, 3.63) is 55.4 Å². The summed E-state index contributed by atoms with van der Waals surface area (Å²) in [6, 6.07) is 3.93. The molecule has 9 nitrogen and oxygen atoms in total. The Morgan fingerprint density at radius 3 is 2.71 bits per heavy atom. The molecule has 3 aromatic rings. The molecule has 0 fully saturated rings. The van der Waals surface area contributed by atoms with E-state index in [0.29, 0.717) is 18.9 Å². The fourth-order valence-electron chi connectivity index (χ4n) is 3.73. The average molecular weight is 449 g/mol. The van der Waals surface area contributed by atoms with E-state index in [1.165, 1.54) is 29.8 Å². The van der Waals surface area contributed by atoms with Gasteiger partial charge in [0.05, 0.1) is 18.3 Å². The quantitative estimate of drug-likeness (QED) is 0.642. The first-order chi connectivity index (χ1) is 14.8. The number of rotatable bonds is 5. The summed E-state index contributed by atoms with van der Waals surface area (Å²) in [7, 11) is 1.51. The molecule has 3 heterocycles. The zero-order valence-corrected chi connectivity index (χ0v) is 18.1. The van der Waals surface area contributed by atoms with E-state index < -0.39 is 17.1 Å². The molecule has 1 N–H and O–H groups in total. The van der Waals surface area contributed by atoms with Crippen LogP contribution in [-0.4, -0.2) is 42.7 Å². The number of halogens is 2. The molecule has 2 aromatic heterocycles. The standard InChI is InChI=1S/C20H22ClFN6O3/c1-11-12(2)28-16-17(23-19(28)27(24-11)8-5-9-29)25(3)20(31)26(18(16)30)10-13-14(21)6-4-7-15(13)22/h4,6-7,12,29H,5,8-10H2,1-3H3/t12-/m0/s1. The van der Waals surface area contributed by atoms with E-state index in [1.54, 1.807) is 9.58 Å². The fourth-order valence-corrected chi connectivity index (χ4v) is 3.96. The number of imidazole rings is 1. The fraction of sp³-hybridized carbons (Fsp3) is 0.400. The van der Waals surface area contributed by atoms with Gasteiger partial charge in [-0.15, -0.1) is 0 Å². The molecule has 0 saturated heterocycles. The number of aryl methyl sites for hydroxylation is 1. The van der Waals surface area contributed by atoms with Gasteiger partial charge in [-0.25, -0.2) is 14.2 Å². The van der Waals surface area contributed by atoms with Gasteiger partial charge in [-0.3, -0.25) is 18.5 Å². The van der Waals surface area contributed by atoms with Crippen molar-refractivity contribution in [2.45, 2.75) is 32.9 Å². The zero-order valence-electron chi connectivity index (χ0n) is 17.3. The minimum atomic E-state index is -0.625. The van der Waals surface area contributed by atoms with Crippen molar-refractivity contribution in [1.29, 1.82) is 0 Å². The van der Waals surface area contributed by atoms with Gasteiger partial charge >= 0.3 is 5.69 Å². The summed E-state index contributed by atoms with van der Waals surface area (Å²) < 4.78 is 18.3. The first kappa shape index (κ1) is 21.3. The Morgan fingerprint density at radius 2 is 2.03 bits per heavy atom. The highest BCUT2D eigenvalue weighted by Gasteiger charge is 2.30. The van der Waals surface area contributed by atoms with E-state index in [9.17, 15) is 19.1 Å². The van der Waals surface area contributed by atoms with Gasteiger partial charge in [0.15, 0.2) is 11.2 Å². The largest absolute Gasteiger partial charge is 0.396 e. The maximum Gasteiger partial charge on any atom is 0.332 e. The van der Waals surface area contributed by atoms with E-state index in [4.69, 9.17) is 11.6 Å². The minimum absolute atomic E-state index is 0.0183. The van der Waals surface area contributed by atoms with Gasteiger partial charge in [0, 0.05) is 30.8 Å². The second-order valence-electron chi connectivity index (χ2n) is 7.50. The van der Waals surface area contributed by atoms with Crippen molar-refractivity contribution in [2.75, 3.05) is 18.2 Å². The molecule has 0 amide bonds. The van der Waals surface area contributed by atoms with Crippen molar-refractivity contribution in [3.63, 3.8) is 0 Å². The van der Waals surface area contributed by atoms with E-state index >= 15 is 0 Å². The van der Waals surface area contributed by atoms with Crippen LogP contribution < -0.4 is 16.3 Å². The second-order valence-corrected chi connectivity index (χ2v) is 7.91. The van der Waals surface area contributed by atoms with Gasteiger partial charge in [-0.1, -0.05) is 17.7 Å². The number of aromatic nitrogens is 4. The summed E-state index contributed by atoms with van der Waals surface area (Å²) in [6.07, 6.45) is 0.462. The molecule has 31 heavy (non-hydrogen) atoms. The van der Waals surface area contributed by atoms with Crippen molar-refractivity contribution >= 4 is 34.4 Å². The molecule has 0 radical (unpaired) electrons. The molecule has 0 aliphatic carbocycles. The topological polar surface area (TPSA) is 97.7 Å². The maximum atomic E-state index is 14.3. The lowest BCUT2D eigenvalue weighted by Gasteiger charge is -2.29. The molecule has 1 aromatic carbocycles. The number of hydrogen-bond donors (Lipinski definition) is 1. The zero-order chi connectivity index (χ0) is 22.4. The lowest BCUT2D eigenvalue weighted by molar-refractivity contribution is 0.289. The van der Waals surface area contributed by atoms with Gasteiger partial charge in [-0.05, 0) is 32.4 Å². The highest BCUT2D eigenvalue weighted by molar-refractivity contribution is 6.31. The van der Waals surface area contributed by atoms with Gasteiger partial charge < -0.3 is 5.11 Å². The molecular weight excluding hydrogens is 427 g/mol. The summed E-state index contributed by atoms with van der Waals surface area (Å²) in [4.78, 5) is 31.0. The van der Waals surface area contributed by atoms with Crippen molar-refractivity contribution in [2.24, 2.45) is 12.1 Å². The highest BCUT2D eigenvalue weighted by Crippen LogP contribution is 2.30.